The van der Waals surface area contributed by atoms with Gasteiger partial charge < -0.3 is 9.73 Å². The average molecular weight is 479 g/mol. The van der Waals surface area contributed by atoms with Gasteiger partial charge in [0.25, 0.3) is 10.9 Å². The number of hydrogen-bond acceptors (Lipinski definition) is 10. The van der Waals surface area contributed by atoms with Crippen LogP contribution in [-0.4, -0.2) is 40.7 Å². The molecule has 0 aliphatic rings. The normalized spacial score (nSPS) is 11.8. The highest BCUT2D eigenvalue weighted by Gasteiger charge is 2.16. The molecular weight excluding hydrogens is 464 g/mol. The van der Waals surface area contributed by atoms with E-state index in [0.717, 1.165) is 23.1 Å². The Labute approximate surface area is 183 Å². The Morgan fingerprint density at radius 2 is 2.03 bits per heavy atom. The standard InChI is InChI=1S/C18H14N4O6S3/c1-2-31(26,27)11-4-6-14-13(8-11)20-18(28-14)29-9-16(23)21-17-19-12-5-3-10(22(24)25)7-15(12)30-17/h3-8H,2,9H2,1H3,(H,19,21,23). The highest BCUT2D eigenvalue weighted by Crippen LogP contribution is 2.30. The summed E-state index contributed by atoms with van der Waals surface area (Å²) in [5.74, 6) is -0.379. The first-order valence-electron chi connectivity index (χ1n) is 8.86. The van der Waals surface area contributed by atoms with Crippen LogP contribution in [0, 0.1) is 10.1 Å². The fourth-order valence-electron chi connectivity index (χ4n) is 2.67. The van der Waals surface area contributed by atoms with Gasteiger partial charge in [-0.25, -0.2) is 18.4 Å². The third-order valence-corrected chi connectivity index (χ3v) is 7.73. The second-order valence-electron chi connectivity index (χ2n) is 6.28. The fourth-order valence-corrected chi connectivity index (χ4v) is 5.12. The van der Waals surface area contributed by atoms with Crippen molar-refractivity contribution in [2.24, 2.45) is 0 Å². The number of nitro benzene ring substituents is 1. The Morgan fingerprint density at radius 3 is 2.77 bits per heavy atom. The summed E-state index contributed by atoms with van der Waals surface area (Å²) in [7, 11) is -3.36. The van der Waals surface area contributed by atoms with Crippen molar-refractivity contribution in [3.63, 3.8) is 0 Å². The third kappa shape index (κ3) is 4.52. The average Bonchev–Trinajstić information content (AvgIpc) is 3.33. The number of amides is 1. The quantitative estimate of drug-likeness (QED) is 0.237. The molecule has 0 radical (unpaired) electrons. The van der Waals surface area contributed by atoms with Crippen LogP contribution in [0.25, 0.3) is 21.3 Å². The van der Waals surface area contributed by atoms with Crippen LogP contribution in [0.4, 0.5) is 10.8 Å². The lowest BCUT2D eigenvalue weighted by atomic mass is 10.3. The number of anilines is 1. The van der Waals surface area contributed by atoms with Crippen LogP contribution in [-0.2, 0) is 14.6 Å². The highest BCUT2D eigenvalue weighted by atomic mass is 32.2. The van der Waals surface area contributed by atoms with Gasteiger partial charge in [0, 0.05) is 12.1 Å². The van der Waals surface area contributed by atoms with E-state index in [-0.39, 0.29) is 33.2 Å². The minimum Gasteiger partial charge on any atom is -0.431 e. The van der Waals surface area contributed by atoms with Gasteiger partial charge in [-0.1, -0.05) is 30.0 Å². The summed E-state index contributed by atoms with van der Waals surface area (Å²) in [6, 6.07) is 8.73. The molecule has 0 fully saturated rings. The molecule has 2 heterocycles. The first kappa shape index (κ1) is 21.2. The van der Waals surface area contributed by atoms with Crippen molar-refractivity contribution >= 4 is 71.0 Å². The van der Waals surface area contributed by atoms with Crippen molar-refractivity contribution < 1.29 is 22.6 Å². The molecule has 0 bridgehead atoms. The number of oxazole rings is 1. The Bertz CT molecular complexity index is 1430. The fraction of sp³-hybridized carbons (Fsp3) is 0.167. The van der Waals surface area contributed by atoms with Gasteiger partial charge in [0.15, 0.2) is 20.6 Å². The monoisotopic (exact) mass is 478 g/mol. The molecule has 0 aliphatic carbocycles. The number of carbonyl (C=O) groups excluding carboxylic acids is 1. The zero-order valence-corrected chi connectivity index (χ0v) is 18.3. The Hall–Kier alpha value is -3.03. The lowest BCUT2D eigenvalue weighted by Crippen LogP contribution is -2.13. The molecule has 13 heteroatoms. The zero-order chi connectivity index (χ0) is 22.2. The summed E-state index contributed by atoms with van der Waals surface area (Å²) in [6.45, 7) is 1.56. The molecular formula is C18H14N4O6S3. The number of benzene rings is 2. The lowest BCUT2D eigenvalue weighted by molar-refractivity contribution is -0.384. The Kier molecular flexibility index (Phi) is 5.64. The maximum absolute atomic E-state index is 12.3. The number of hydrogen-bond donors (Lipinski definition) is 1. The molecule has 0 saturated carbocycles. The Balaban J connectivity index is 1.43. The van der Waals surface area contributed by atoms with Crippen LogP contribution in [0.15, 0.2) is 50.9 Å². The van der Waals surface area contributed by atoms with E-state index < -0.39 is 14.8 Å². The topological polar surface area (TPSA) is 145 Å². The van der Waals surface area contributed by atoms with Crippen molar-refractivity contribution in [2.45, 2.75) is 17.0 Å². The number of nitrogens with one attached hydrogen (secondary N) is 1. The van der Waals surface area contributed by atoms with E-state index in [2.05, 4.69) is 15.3 Å². The predicted octanol–water partition coefficient (Wildman–Crippen LogP) is 3.87. The summed E-state index contributed by atoms with van der Waals surface area (Å²) in [4.78, 5) is 31.3. The molecule has 31 heavy (non-hydrogen) atoms. The largest absolute Gasteiger partial charge is 0.431 e. The van der Waals surface area contributed by atoms with Crippen LogP contribution < -0.4 is 5.32 Å². The number of sulfone groups is 1. The molecule has 0 atom stereocenters. The highest BCUT2D eigenvalue weighted by molar-refractivity contribution is 7.99. The molecule has 4 rings (SSSR count). The molecule has 1 N–H and O–H groups in total. The number of non-ortho nitro benzene ring substituents is 1. The predicted molar refractivity (Wildman–Crippen MR) is 117 cm³/mol. The zero-order valence-electron chi connectivity index (χ0n) is 15.9. The van der Waals surface area contributed by atoms with Gasteiger partial charge in [-0.15, -0.1) is 0 Å². The number of rotatable bonds is 7. The smallest absolute Gasteiger partial charge is 0.270 e. The number of thioether (sulfide) groups is 1. The van der Waals surface area contributed by atoms with Gasteiger partial charge >= 0.3 is 0 Å². The van der Waals surface area contributed by atoms with E-state index in [1.807, 2.05) is 0 Å². The second-order valence-corrected chi connectivity index (χ2v) is 10.5. The summed E-state index contributed by atoms with van der Waals surface area (Å²) < 4.78 is 30.1. The van der Waals surface area contributed by atoms with Gasteiger partial charge in [-0.05, 0) is 24.3 Å². The first-order valence-corrected chi connectivity index (χ1v) is 12.3. The molecule has 0 spiro atoms. The van der Waals surface area contributed by atoms with Gasteiger partial charge in [0.2, 0.25) is 5.91 Å². The third-order valence-electron chi connectivity index (χ3n) is 4.23. The maximum atomic E-state index is 12.3. The maximum Gasteiger partial charge on any atom is 0.270 e. The van der Waals surface area contributed by atoms with E-state index in [4.69, 9.17) is 4.42 Å². The summed E-state index contributed by atoms with van der Waals surface area (Å²) in [5.41, 5.74) is 1.32. The van der Waals surface area contributed by atoms with E-state index >= 15 is 0 Å². The molecule has 4 aromatic rings. The number of nitro groups is 1. The lowest BCUT2D eigenvalue weighted by Gasteiger charge is -1.99. The van der Waals surface area contributed by atoms with Crippen molar-refractivity contribution in [1.29, 1.82) is 0 Å². The van der Waals surface area contributed by atoms with E-state index in [9.17, 15) is 23.3 Å². The summed E-state index contributed by atoms with van der Waals surface area (Å²) in [5, 5.41) is 14.1. The minimum atomic E-state index is -3.36. The van der Waals surface area contributed by atoms with Crippen LogP contribution in [0.5, 0.6) is 0 Å². The van der Waals surface area contributed by atoms with Crippen LogP contribution >= 0.6 is 23.1 Å². The van der Waals surface area contributed by atoms with Gasteiger partial charge in [-0.2, -0.15) is 0 Å². The van der Waals surface area contributed by atoms with Crippen molar-refractivity contribution in [2.75, 3.05) is 16.8 Å². The molecule has 10 nitrogen and oxygen atoms in total. The Morgan fingerprint density at radius 1 is 1.23 bits per heavy atom. The van der Waals surface area contributed by atoms with E-state index in [1.54, 1.807) is 6.92 Å². The van der Waals surface area contributed by atoms with E-state index in [0.29, 0.717) is 26.4 Å². The molecule has 2 aromatic carbocycles. The van der Waals surface area contributed by atoms with Crippen LogP contribution in [0.3, 0.4) is 0 Å². The number of thiazole rings is 1. The number of fused-ring (bicyclic) bond motifs is 2. The number of aromatic nitrogens is 2. The molecule has 1 amide bonds. The first-order chi connectivity index (χ1) is 14.7. The molecule has 0 unspecified atom stereocenters. The van der Waals surface area contributed by atoms with Crippen LogP contribution in [0.2, 0.25) is 0 Å². The molecule has 160 valence electrons. The second kappa shape index (κ2) is 8.24. The van der Waals surface area contributed by atoms with E-state index in [1.165, 1.54) is 36.4 Å². The summed E-state index contributed by atoms with van der Waals surface area (Å²) in [6.07, 6.45) is 0. The number of carbonyl (C=O) groups is 1. The van der Waals surface area contributed by atoms with Gasteiger partial charge in [-0.3, -0.25) is 14.9 Å². The van der Waals surface area contributed by atoms with Crippen molar-refractivity contribution in [3.05, 3.63) is 46.5 Å². The van der Waals surface area contributed by atoms with Crippen molar-refractivity contribution in [3.8, 4) is 0 Å². The molecule has 0 aliphatic heterocycles. The SMILES string of the molecule is CCS(=O)(=O)c1ccc2oc(SCC(=O)Nc3nc4ccc([N+](=O)[O-])cc4s3)nc2c1. The van der Waals surface area contributed by atoms with Gasteiger partial charge in [0.1, 0.15) is 5.52 Å². The molecule has 0 saturated heterocycles. The van der Waals surface area contributed by atoms with Gasteiger partial charge in [0.05, 0.1) is 31.5 Å². The van der Waals surface area contributed by atoms with Crippen molar-refractivity contribution in [1.82, 2.24) is 9.97 Å². The number of nitrogens with zero attached hydrogens (tertiary/aromatic N) is 3. The molecule has 2 aromatic heterocycles. The minimum absolute atomic E-state index is 0.0109. The van der Waals surface area contributed by atoms with Crippen LogP contribution in [0.1, 0.15) is 6.92 Å². The summed E-state index contributed by atoms with van der Waals surface area (Å²) >= 11 is 2.19.